The number of hydrogen-bond acceptors (Lipinski definition) is 9. The number of aromatic nitrogens is 1. The lowest BCUT2D eigenvalue weighted by atomic mass is 10.1. The number of anilines is 2. The number of nitrogens with zero attached hydrogens (tertiary/aromatic N) is 3. The molecule has 12 heteroatoms. The lowest BCUT2D eigenvalue weighted by Gasteiger charge is -2.28. The van der Waals surface area contributed by atoms with Crippen molar-refractivity contribution < 1.29 is 27.6 Å². The van der Waals surface area contributed by atoms with E-state index in [1.807, 2.05) is 26.1 Å². The van der Waals surface area contributed by atoms with E-state index in [4.69, 9.17) is 9.84 Å². The lowest BCUT2D eigenvalue weighted by molar-refractivity contribution is -0.139. The van der Waals surface area contributed by atoms with Crippen molar-refractivity contribution in [3.05, 3.63) is 70.9 Å². The van der Waals surface area contributed by atoms with E-state index in [1.54, 1.807) is 40.5 Å². The Morgan fingerprint density at radius 1 is 1.18 bits per heavy atom. The average molecular weight is 489 g/mol. The normalized spacial score (nSPS) is 13.6. The number of hydrogen-bond donors (Lipinski definition) is 3. The van der Waals surface area contributed by atoms with Gasteiger partial charge in [0.15, 0.2) is 6.61 Å². The zero-order chi connectivity index (χ0) is 23.8. The van der Waals surface area contributed by atoms with Gasteiger partial charge in [-0.25, -0.2) is 14.8 Å². The molecule has 0 unspecified atom stereocenters. The lowest BCUT2D eigenvalue weighted by Crippen LogP contribution is -2.42. The van der Waals surface area contributed by atoms with E-state index in [2.05, 4.69) is 10.4 Å². The molecule has 10 nitrogen and oxygen atoms in total. The van der Waals surface area contributed by atoms with Gasteiger partial charge in [0, 0.05) is 10.4 Å². The van der Waals surface area contributed by atoms with Crippen LogP contribution in [0.5, 0.6) is 5.75 Å². The van der Waals surface area contributed by atoms with Crippen LogP contribution in [0.15, 0.2) is 59.6 Å². The molecule has 3 aromatic rings. The number of carboxylic acids is 1. The largest absolute Gasteiger partial charge is 0.482 e. The predicted molar refractivity (Wildman–Crippen MR) is 123 cm³/mol. The van der Waals surface area contributed by atoms with Crippen molar-refractivity contribution in [3.8, 4) is 5.75 Å². The summed E-state index contributed by atoms with van der Waals surface area (Å²) in [5, 5.41) is 13.0. The van der Waals surface area contributed by atoms with Crippen LogP contribution in [0.1, 0.15) is 16.1 Å². The second-order valence-electron chi connectivity index (χ2n) is 7.13. The number of carbonyl (C=O) groups is 1. The fourth-order valence-corrected chi connectivity index (χ4v) is 4.41. The zero-order valence-electron chi connectivity index (χ0n) is 17.6. The highest BCUT2D eigenvalue weighted by Crippen LogP contribution is 2.34. The molecule has 0 amide bonds. The van der Waals surface area contributed by atoms with Crippen LogP contribution < -0.4 is 20.3 Å². The SMILES string of the molecule is Cc1nc(N2C=C(c3cccc(OCC(=O)O)c3)NN2c2ccc(S(=O)(=O)O)cc2)sc1C. The molecule has 0 fully saturated rings. The van der Waals surface area contributed by atoms with Gasteiger partial charge in [0.25, 0.3) is 10.1 Å². The summed E-state index contributed by atoms with van der Waals surface area (Å²) in [4.78, 5) is 16.3. The van der Waals surface area contributed by atoms with Gasteiger partial charge >= 0.3 is 5.97 Å². The highest BCUT2D eigenvalue weighted by atomic mass is 32.2. The molecule has 1 aliphatic heterocycles. The number of carboxylic acid groups (broad SMARTS) is 1. The van der Waals surface area contributed by atoms with Gasteiger partial charge in [-0.05, 0) is 50.2 Å². The van der Waals surface area contributed by atoms with Crippen molar-refractivity contribution in [2.75, 3.05) is 16.7 Å². The van der Waals surface area contributed by atoms with E-state index in [-0.39, 0.29) is 4.90 Å². The average Bonchev–Trinajstić information content (AvgIpc) is 3.36. The molecule has 0 saturated heterocycles. The van der Waals surface area contributed by atoms with Crippen molar-refractivity contribution in [3.63, 3.8) is 0 Å². The topological polar surface area (TPSA) is 132 Å². The number of hydrazine groups is 2. The molecule has 33 heavy (non-hydrogen) atoms. The minimum Gasteiger partial charge on any atom is -0.482 e. The summed E-state index contributed by atoms with van der Waals surface area (Å²) < 4.78 is 37.4. The summed E-state index contributed by atoms with van der Waals surface area (Å²) in [6.45, 7) is 3.43. The van der Waals surface area contributed by atoms with Gasteiger partial charge in [0.05, 0.1) is 28.2 Å². The Bertz CT molecular complexity index is 1320. The van der Waals surface area contributed by atoms with Crippen LogP contribution in [-0.2, 0) is 14.9 Å². The second kappa shape index (κ2) is 8.73. The number of ether oxygens (including phenoxy) is 1. The smallest absolute Gasteiger partial charge is 0.341 e. The van der Waals surface area contributed by atoms with E-state index in [1.165, 1.54) is 23.5 Å². The fourth-order valence-electron chi connectivity index (χ4n) is 3.06. The molecule has 172 valence electrons. The zero-order valence-corrected chi connectivity index (χ0v) is 19.2. The number of nitrogens with one attached hydrogen (secondary N) is 1. The van der Waals surface area contributed by atoms with Crippen molar-refractivity contribution in [2.45, 2.75) is 18.7 Å². The molecule has 2 aromatic carbocycles. The molecule has 0 bridgehead atoms. The standard InChI is InChI=1S/C21H20N4O6S2/c1-13-14(2)32-21(22-13)24-11-19(15-4-3-5-17(10-15)31-12-20(26)27)23-25(24)16-6-8-18(9-7-16)33(28,29)30/h3-11,23H,12H2,1-2H3,(H,26,27)(H,28,29,30). The Morgan fingerprint density at radius 3 is 2.52 bits per heavy atom. The highest BCUT2D eigenvalue weighted by molar-refractivity contribution is 7.85. The highest BCUT2D eigenvalue weighted by Gasteiger charge is 2.27. The van der Waals surface area contributed by atoms with E-state index in [9.17, 15) is 17.8 Å². The number of rotatable bonds is 7. The van der Waals surface area contributed by atoms with Crippen LogP contribution >= 0.6 is 11.3 Å². The summed E-state index contributed by atoms with van der Waals surface area (Å²) in [5.74, 6) is -0.667. The fraction of sp³-hybridized carbons (Fsp3) is 0.143. The Morgan fingerprint density at radius 2 is 1.91 bits per heavy atom. The molecule has 2 heterocycles. The first-order valence-corrected chi connectivity index (χ1v) is 11.9. The predicted octanol–water partition coefficient (Wildman–Crippen LogP) is 3.21. The van der Waals surface area contributed by atoms with Crippen LogP contribution in [0.3, 0.4) is 0 Å². The van der Waals surface area contributed by atoms with Crippen LogP contribution in [-0.4, -0.2) is 35.6 Å². The van der Waals surface area contributed by atoms with E-state index in [0.717, 1.165) is 16.1 Å². The van der Waals surface area contributed by atoms with Crippen molar-refractivity contribution in [1.82, 2.24) is 10.4 Å². The Balaban J connectivity index is 1.70. The molecule has 0 aliphatic carbocycles. The molecule has 0 atom stereocenters. The van der Waals surface area contributed by atoms with Crippen LogP contribution in [0.25, 0.3) is 5.70 Å². The second-order valence-corrected chi connectivity index (χ2v) is 9.73. The van der Waals surface area contributed by atoms with E-state index < -0.39 is 22.7 Å². The molecule has 1 aliphatic rings. The van der Waals surface area contributed by atoms with Gasteiger partial charge < -0.3 is 9.84 Å². The van der Waals surface area contributed by atoms with E-state index >= 15 is 0 Å². The maximum Gasteiger partial charge on any atom is 0.341 e. The third kappa shape index (κ3) is 4.92. The molecular formula is C21H20N4O6S2. The maximum absolute atomic E-state index is 11.4. The van der Waals surface area contributed by atoms with Gasteiger partial charge in [-0.1, -0.05) is 23.5 Å². The number of aryl methyl sites for hydroxylation is 2. The number of benzene rings is 2. The van der Waals surface area contributed by atoms with Crippen LogP contribution in [0.2, 0.25) is 0 Å². The summed E-state index contributed by atoms with van der Waals surface area (Å²) in [7, 11) is -4.31. The molecule has 4 rings (SSSR count). The molecule has 3 N–H and O–H groups in total. The summed E-state index contributed by atoms with van der Waals surface area (Å²) >= 11 is 1.49. The molecule has 0 radical (unpaired) electrons. The first kappa shape index (κ1) is 22.6. The number of aliphatic carboxylic acids is 1. The molecule has 0 spiro atoms. The number of thiazole rings is 1. The third-order valence-corrected chi connectivity index (χ3v) is 6.72. The monoisotopic (exact) mass is 488 g/mol. The summed E-state index contributed by atoms with van der Waals surface area (Å²) in [6.07, 6.45) is 1.82. The summed E-state index contributed by atoms with van der Waals surface area (Å²) in [6, 6.07) is 12.7. The first-order chi connectivity index (χ1) is 15.6. The molecular weight excluding hydrogens is 468 g/mol. The van der Waals surface area contributed by atoms with Crippen molar-refractivity contribution in [2.24, 2.45) is 0 Å². The van der Waals surface area contributed by atoms with Crippen LogP contribution in [0, 0.1) is 13.8 Å². The maximum atomic E-state index is 11.4. The third-order valence-electron chi connectivity index (χ3n) is 4.79. The van der Waals surface area contributed by atoms with Gasteiger partial charge in [-0.15, -0.1) is 0 Å². The Kier molecular flexibility index (Phi) is 5.97. The minimum absolute atomic E-state index is 0.214. The quantitative estimate of drug-likeness (QED) is 0.426. The Labute approximate surface area is 194 Å². The minimum atomic E-state index is -4.31. The van der Waals surface area contributed by atoms with Gasteiger partial charge in [-0.2, -0.15) is 13.5 Å². The van der Waals surface area contributed by atoms with Gasteiger partial charge in [0.1, 0.15) is 5.75 Å². The van der Waals surface area contributed by atoms with Gasteiger partial charge in [-0.3, -0.25) is 9.98 Å². The molecule has 0 saturated carbocycles. The van der Waals surface area contributed by atoms with Crippen molar-refractivity contribution in [1.29, 1.82) is 0 Å². The van der Waals surface area contributed by atoms with Gasteiger partial charge in [0.2, 0.25) is 5.13 Å². The first-order valence-electron chi connectivity index (χ1n) is 9.66. The van der Waals surface area contributed by atoms with Crippen molar-refractivity contribution >= 4 is 43.9 Å². The van der Waals surface area contributed by atoms with Crippen LogP contribution in [0.4, 0.5) is 10.8 Å². The van der Waals surface area contributed by atoms with E-state index in [0.29, 0.717) is 22.3 Å². The Hall–Kier alpha value is -3.61. The molecule has 1 aromatic heterocycles. The summed E-state index contributed by atoms with van der Waals surface area (Å²) in [5.41, 5.74) is 6.16.